The molecule has 0 spiro atoms. The van der Waals surface area contributed by atoms with E-state index in [9.17, 15) is 4.79 Å². The number of alkyl halides is 1. The van der Waals surface area contributed by atoms with Gasteiger partial charge in [0, 0.05) is 5.88 Å². The van der Waals surface area contributed by atoms with Crippen molar-refractivity contribution in [3.8, 4) is 0 Å². The Bertz CT molecular complexity index is 295. The summed E-state index contributed by atoms with van der Waals surface area (Å²) in [6, 6.07) is 8.67. The second kappa shape index (κ2) is 7.68. The molecule has 1 atom stereocenters. The molecule has 0 amide bonds. The number of hydrogen-bond acceptors (Lipinski definition) is 3. The lowest BCUT2D eigenvalue weighted by molar-refractivity contribution is -0.145. The fourth-order valence-electron chi connectivity index (χ4n) is 0.899. The van der Waals surface area contributed by atoms with Crippen LogP contribution in [0, 0.1) is 0 Å². The molecule has 0 saturated carbocycles. The fraction of sp³-hybridized carbons (Fsp3) is 0.300. The first-order valence-electron chi connectivity index (χ1n) is 4.26. The first-order valence-corrected chi connectivity index (χ1v) is 4.79. The number of carbonyl (C=O) groups is 1. The SMILES string of the molecule is Br.N[C@@H](CCl)C(=O)OCc1ccccc1. The standard InChI is InChI=1S/C10H12ClNO2.BrH/c11-6-9(12)10(13)14-7-8-4-2-1-3-5-8;/h1-5,9H,6-7,12H2;1H/t9-;/m0./s1. The maximum atomic E-state index is 11.1. The minimum absolute atomic E-state index is 0. The molecule has 1 rings (SSSR count). The van der Waals surface area contributed by atoms with E-state index < -0.39 is 12.0 Å². The smallest absolute Gasteiger partial charge is 0.324 e. The molecule has 1 aromatic rings. The van der Waals surface area contributed by atoms with E-state index in [4.69, 9.17) is 22.1 Å². The minimum Gasteiger partial charge on any atom is -0.460 e. The maximum absolute atomic E-state index is 11.1. The molecule has 0 bridgehead atoms. The number of halogens is 2. The highest BCUT2D eigenvalue weighted by atomic mass is 79.9. The summed E-state index contributed by atoms with van der Waals surface area (Å²) in [5.41, 5.74) is 6.31. The van der Waals surface area contributed by atoms with Crippen LogP contribution in [0.1, 0.15) is 5.56 Å². The van der Waals surface area contributed by atoms with Gasteiger partial charge in [0.15, 0.2) is 0 Å². The van der Waals surface area contributed by atoms with Gasteiger partial charge in [-0.1, -0.05) is 30.3 Å². The second-order valence-corrected chi connectivity index (χ2v) is 3.16. The summed E-state index contributed by atoms with van der Waals surface area (Å²) in [6.07, 6.45) is 0. The third-order valence-corrected chi connectivity index (χ3v) is 2.03. The number of hydrogen-bond donors (Lipinski definition) is 1. The molecular weight excluding hydrogens is 281 g/mol. The number of ether oxygens (including phenoxy) is 1. The lowest BCUT2D eigenvalue weighted by Crippen LogP contribution is -2.33. The summed E-state index contributed by atoms with van der Waals surface area (Å²) in [6.45, 7) is 0.240. The summed E-state index contributed by atoms with van der Waals surface area (Å²) in [5.74, 6) is -0.392. The van der Waals surface area contributed by atoms with Gasteiger partial charge in [-0.3, -0.25) is 4.79 Å². The Morgan fingerprint density at radius 3 is 2.53 bits per heavy atom. The summed E-state index contributed by atoms with van der Waals surface area (Å²) in [5, 5.41) is 0. The number of carbonyl (C=O) groups excluding carboxylic acids is 1. The van der Waals surface area contributed by atoms with Crippen molar-refractivity contribution >= 4 is 34.6 Å². The van der Waals surface area contributed by atoms with E-state index in [2.05, 4.69) is 0 Å². The van der Waals surface area contributed by atoms with E-state index in [0.29, 0.717) is 0 Å². The van der Waals surface area contributed by atoms with Crippen molar-refractivity contribution in [2.75, 3.05) is 5.88 Å². The van der Waals surface area contributed by atoms with E-state index >= 15 is 0 Å². The zero-order chi connectivity index (χ0) is 10.4. The van der Waals surface area contributed by atoms with E-state index in [1.807, 2.05) is 30.3 Å². The first kappa shape index (κ1) is 14.4. The van der Waals surface area contributed by atoms with Gasteiger partial charge in [-0.15, -0.1) is 28.6 Å². The Morgan fingerprint density at radius 2 is 2.00 bits per heavy atom. The lowest BCUT2D eigenvalue weighted by Gasteiger charge is -2.08. The van der Waals surface area contributed by atoms with Crippen LogP contribution in [0.4, 0.5) is 0 Å². The van der Waals surface area contributed by atoms with Gasteiger partial charge in [-0.2, -0.15) is 0 Å². The van der Waals surface area contributed by atoms with Crippen LogP contribution in [-0.2, 0) is 16.1 Å². The predicted molar refractivity (Wildman–Crippen MR) is 65.3 cm³/mol. The number of rotatable bonds is 4. The summed E-state index contributed by atoms with van der Waals surface area (Å²) in [7, 11) is 0. The van der Waals surface area contributed by atoms with E-state index in [-0.39, 0.29) is 29.5 Å². The van der Waals surface area contributed by atoms with Gasteiger partial charge in [0.2, 0.25) is 0 Å². The highest BCUT2D eigenvalue weighted by Gasteiger charge is 2.12. The van der Waals surface area contributed by atoms with Crippen LogP contribution in [0.5, 0.6) is 0 Å². The molecule has 0 aliphatic rings. The predicted octanol–water partition coefficient (Wildman–Crippen LogP) is 1.87. The molecule has 0 fully saturated rings. The Labute approximate surface area is 104 Å². The van der Waals surface area contributed by atoms with Crippen molar-refractivity contribution in [1.82, 2.24) is 0 Å². The van der Waals surface area contributed by atoms with E-state index in [0.717, 1.165) is 5.56 Å². The van der Waals surface area contributed by atoms with Gasteiger partial charge in [0.25, 0.3) is 0 Å². The topological polar surface area (TPSA) is 52.3 Å². The molecule has 0 heterocycles. The molecule has 0 aliphatic carbocycles. The van der Waals surface area contributed by atoms with Crippen LogP contribution in [-0.4, -0.2) is 17.9 Å². The van der Waals surface area contributed by atoms with Crippen molar-refractivity contribution in [1.29, 1.82) is 0 Å². The number of benzene rings is 1. The van der Waals surface area contributed by atoms with Crippen LogP contribution in [0.2, 0.25) is 0 Å². The molecule has 0 saturated heterocycles. The highest BCUT2D eigenvalue weighted by Crippen LogP contribution is 2.01. The summed E-state index contributed by atoms with van der Waals surface area (Å²) >= 11 is 5.40. The number of esters is 1. The Balaban J connectivity index is 0.00000196. The fourth-order valence-corrected chi connectivity index (χ4v) is 1.02. The zero-order valence-electron chi connectivity index (χ0n) is 8.06. The maximum Gasteiger partial charge on any atom is 0.324 e. The quantitative estimate of drug-likeness (QED) is 0.681. The Kier molecular flexibility index (Phi) is 7.38. The van der Waals surface area contributed by atoms with Crippen LogP contribution < -0.4 is 5.73 Å². The van der Waals surface area contributed by atoms with Crippen molar-refractivity contribution in [2.24, 2.45) is 5.73 Å². The van der Waals surface area contributed by atoms with E-state index in [1.165, 1.54) is 0 Å². The summed E-state index contributed by atoms with van der Waals surface area (Å²) < 4.78 is 4.93. The molecule has 0 aliphatic heterocycles. The van der Waals surface area contributed by atoms with Crippen LogP contribution >= 0.6 is 28.6 Å². The van der Waals surface area contributed by atoms with Gasteiger partial charge in [0.1, 0.15) is 12.6 Å². The average Bonchev–Trinajstić information content (AvgIpc) is 2.26. The molecule has 3 nitrogen and oxygen atoms in total. The molecule has 2 N–H and O–H groups in total. The molecule has 0 unspecified atom stereocenters. The zero-order valence-corrected chi connectivity index (χ0v) is 10.5. The van der Waals surface area contributed by atoms with Gasteiger partial charge in [-0.05, 0) is 5.56 Å². The van der Waals surface area contributed by atoms with Crippen LogP contribution in [0.25, 0.3) is 0 Å². The largest absolute Gasteiger partial charge is 0.460 e. The van der Waals surface area contributed by atoms with Crippen molar-refractivity contribution in [2.45, 2.75) is 12.6 Å². The van der Waals surface area contributed by atoms with Crippen molar-refractivity contribution in [3.63, 3.8) is 0 Å². The molecule has 15 heavy (non-hydrogen) atoms. The first-order chi connectivity index (χ1) is 6.74. The molecule has 0 aromatic heterocycles. The molecule has 0 radical (unpaired) electrons. The van der Waals surface area contributed by atoms with Gasteiger partial charge < -0.3 is 10.5 Å². The second-order valence-electron chi connectivity index (χ2n) is 2.85. The molecule has 5 heteroatoms. The van der Waals surface area contributed by atoms with Crippen LogP contribution in [0.15, 0.2) is 30.3 Å². The van der Waals surface area contributed by atoms with E-state index in [1.54, 1.807) is 0 Å². The van der Waals surface area contributed by atoms with Gasteiger partial charge in [0.05, 0.1) is 0 Å². The third-order valence-electron chi connectivity index (χ3n) is 1.69. The lowest BCUT2D eigenvalue weighted by atomic mass is 10.2. The third kappa shape index (κ3) is 5.16. The van der Waals surface area contributed by atoms with Crippen molar-refractivity contribution in [3.05, 3.63) is 35.9 Å². The average molecular weight is 295 g/mol. The van der Waals surface area contributed by atoms with Gasteiger partial charge in [-0.25, -0.2) is 0 Å². The highest BCUT2D eigenvalue weighted by molar-refractivity contribution is 8.93. The monoisotopic (exact) mass is 293 g/mol. The normalized spacial score (nSPS) is 11.3. The summed E-state index contributed by atoms with van der Waals surface area (Å²) in [4.78, 5) is 11.1. The number of nitrogens with two attached hydrogens (primary N) is 1. The van der Waals surface area contributed by atoms with Gasteiger partial charge >= 0.3 is 5.97 Å². The molecule has 84 valence electrons. The van der Waals surface area contributed by atoms with Crippen LogP contribution in [0.3, 0.4) is 0 Å². The Morgan fingerprint density at radius 1 is 1.40 bits per heavy atom. The van der Waals surface area contributed by atoms with Crippen molar-refractivity contribution < 1.29 is 9.53 Å². The Hall–Kier alpha value is -0.580. The molecular formula is C10H13BrClNO2. The molecule has 1 aromatic carbocycles. The minimum atomic E-state index is -0.736.